The van der Waals surface area contributed by atoms with E-state index in [1.165, 1.54) is 6.08 Å². The van der Waals surface area contributed by atoms with Crippen molar-refractivity contribution in [1.29, 1.82) is 0 Å². The van der Waals surface area contributed by atoms with E-state index in [-0.39, 0.29) is 30.5 Å². The number of nitrogens with zero attached hydrogens (tertiary/aromatic N) is 7. The molecule has 0 aromatic carbocycles. The third-order valence-corrected chi connectivity index (χ3v) is 9.79. The van der Waals surface area contributed by atoms with Crippen LogP contribution in [0.1, 0.15) is 68.6 Å². The van der Waals surface area contributed by atoms with E-state index in [0.29, 0.717) is 70.2 Å². The minimum atomic E-state index is -4.97. The van der Waals surface area contributed by atoms with Crippen molar-refractivity contribution >= 4 is 23.7 Å². The highest BCUT2D eigenvalue weighted by atomic mass is 19.4. The van der Waals surface area contributed by atoms with Crippen LogP contribution in [0.15, 0.2) is 47.9 Å². The SMILES string of the molecule is CC(CC[C@@H](/C=C/COC(=O)NC1CCN(c2ncc(C(F)(F)F)cn2)CC1)Nc1cn[nH]c(=O)c1C(F)(F)F)CC1CCN(c2ncc(C(F)(F)F)cn2)CC1. The number of alkyl halides is 9. The number of hydrogen-bond acceptors (Lipinski definition) is 11. The van der Waals surface area contributed by atoms with Crippen LogP contribution in [0.25, 0.3) is 0 Å². The molecule has 1 amide bonds. The lowest BCUT2D eigenvalue weighted by Crippen LogP contribution is -2.45. The van der Waals surface area contributed by atoms with E-state index in [1.54, 1.807) is 16.1 Å². The first-order valence-corrected chi connectivity index (χ1v) is 18.2. The first-order valence-electron chi connectivity index (χ1n) is 18.2. The molecule has 2 atom stereocenters. The molecule has 0 saturated carbocycles. The van der Waals surface area contributed by atoms with Gasteiger partial charge in [0.15, 0.2) is 0 Å². The summed E-state index contributed by atoms with van der Waals surface area (Å²) in [6.07, 6.45) is -3.88. The minimum absolute atomic E-state index is 0.125. The summed E-state index contributed by atoms with van der Waals surface area (Å²) in [4.78, 5) is 43.5. The number of aromatic nitrogens is 6. The number of carbonyl (C=O) groups excluding carboxylic acids is 1. The quantitative estimate of drug-likeness (QED) is 0.122. The molecule has 0 bridgehead atoms. The summed E-state index contributed by atoms with van der Waals surface area (Å²) in [7, 11) is 0. The fraction of sp³-hybridized carbons (Fsp3) is 0.571. The number of hydrogen-bond donors (Lipinski definition) is 3. The number of rotatable bonds is 13. The number of amides is 1. The molecule has 2 aliphatic heterocycles. The van der Waals surface area contributed by atoms with Crippen molar-refractivity contribution in [2.24, 2.45) is 11.8 Å². The summed E-state index contributed by atoms with van der Waals surface area (Å²) in [6.45, 7) is 3.63. The van der Waals surface area contributed by atoms with E-state index in [4.69, 9.17) is 4.74 Å². The van der Waals surface area contributed by atoms with Crippen LogP contribution in [-0.4, -0.2) is 81.1 Å². The Morgan fingerprint density at radius 2 is 1.35 bits per heavy atom. The van der Waals surface area contributed by atoms with Gasteiger partial charge in [0.1, 0.15) is 12.2 Å². The topological polar surface area (TPSA) is 154 Å². The standard InChI is InChI=1S/C35H41F9N10O3/c1-21(15-22-6-10-53(11-7-22)30-45-16-23(17-46-30)33(36,37)38)4-5-25(50-27-20-49-52-29(55)28(27)35(42,43)44)3-2-14-57-32(56)51-26-8-12-54(13-9-26)31-47-18-24(19-48-31)34(39,40)41/h2-3,16-22,25-26H,4-15H2,1H3,(H,51,56)(H2,50,52,55)/b3-2+/t21?,25-/m1/s1. The van der Waals surface area contributed by atoms with Crippen molar-refractivity contribution in [3.8, 4) is 0 Å². The Balaban J connectivity index is 1.11. The van der Waals surface area contributed by atoms with Gasteiger partial charge in [0.05, 0.1) is 23.0 Å². The number of anilines is 3. The van der Waals surface area contributed by atoms with Gasteiger partial charge in [-0.25, -0.2) is 29.8 Å². The second-order valence-electron chi connectivity index (χ2n) is 14.1. The van der Waals surface area contributed by atoms with Crippen LogP contribution >= 0.6 is 0 Å². The lowest BCUT2D eigenvalue weighted by atomic mass is 9.85. The van der Waals surface area contributed by atoms with Crippen LogP contribution in [0.3, 0.4) is 0 Å². The van der Waals surface area contributed by atoms with Crippen molar-refractivity contribution < 1.29 is 49.0 Å². The second kappa shape index (κ2) is 18.4. The molecule has 5 rings (SSSR count). The van der Waals surface area contributed by atoms with Gasteiger partial charge < -0.3 is 25.2 Å². The molecule has 2 fully saturated rings. The van der Waals surface area contributed by atoms with Crippen molar-refractivity contribution in [3.63, 3.8) is 0 Å². The summed E-state index contributed by atoms with van der Waals surface area (Å²) in [6, 6.07) is -1.02. The van der Waals surface area contributed by atoms with Crippen LogP contribution in [0.4, 0.5) is 61.9 Å². The van der Waals surface area contributed by atoms with E-state index < -0.39 is 58.6 Å². The van der Waals surface area contributed by atoms with Crippen LogP contribution < -0.4 is 26.0 Å². The van der Waals surface area contributed by atoms with Crippen molar-refractivity contribution in [2.45, 2.75) is 82.5 Å². The molecule has 0 radical (unpaired) electrons. The van der Waals surface area contributed by atoms with Gasteiger partial charge in [-0.1, -0.05) is 13.0 Å². The Hall–Kier alpha value is -5.18. The molecule has 57 heavy (non-hydrogen) atoms. The Bertz CT molecular complexity index is 1840. The first kappa shape index (κ1) is 43.0. The maximum Gasteiger partial charge on any atom is 0.423 e. The van der Waals surface area contributed by atoms with Gasteiger partial charge in [0.25, 0.3) is 5.56 Å². The van der Waals surface area contributed by atoms with Crippen LogP contribution in [-0.2, 0) is 23.3 Å². The molecule has 2 saturated heterocycles. The van der Waals surface area contributed by atoms with E-state index in [0.717, 1.165) is 37.9 Å². The summed E-state index contributed by atoms with van der Waals surface area (Å²) >= 11 is 0. The number of aromatic amines is 1. The lowest BCUT2D eigenvalue weighted by Gasteiger charge is -2.33. The molecule has 3 N–H and O–H groups in total. The molecular formula is C35H41F9N10O3. The molecule has 0 spiro atoms. The molecule has 3 aromatic rings. The first-order chi connectivity index (χ1) is 26.9. The summed E-state index contributed by atoms with van der Waals surface area (Å²) in [5, 5.41) is 10.8. The molecule has 1 unspecified atom stereocenters. The van der Waals surface area contributed by atoms with Gasteiger partial charge in [-0.15, -0.1) is 0 Å². The zero-order valence-corrected chi connectivity index (χ0v) is 30.6. The molecule has 13 nitrogen and oxygen atoms in total. The van der Waals surface area contributed by atoms with Gasteiger partial charge >= 0.3 is 24.6 Å². The van der Waals surface area contributed by atoms with E-state index in [1.807, 2.05) is 11.8 Å². The Morgan fingerprint density at radius 1 is 0.825 bits per heavy atom. The second-order valence-corrected chi connectivity index (χ2v) is 14.1. The Morgan fingerprint density at radius 3 is 1.86 bits per heavy atom. The highest BCUT2D eigenvalue weighted by molar-refractivity contribution is 5.67. The maximum absolute atomic E-state index is 13.8. The van der Waals surface area contributed by atoms with E-state index >= 15 is 0 Å². The summed E-state index contributed by atoms with van der Waals surface area (Å²) in [5.41, 5.74) is -5.24. The van der Waals surface area contributed by atoms with E-state index in [2.05, 4.69) is 35.7 Å². The molecule has 2 aliphatic rings. The molecule has 312 valence electrons. The number of ether oxygens (including phenoxy) is 1. The monoisotopic (exact) mass is 820 g/mol. The maximum atomic E-state index is 13.8. The van der Waals surface area contributed by atoms with Gasteiger partial charge in [-0.2, -0.15) is 44.6 Å². The molecule has 22 heteroatoms. The largest absolute Gasteiger partial charge is 0.445 e. The number of alkyl carbamates (subject to hydrolysis) is 1. The Labute approximate surface area is 320 Å². The third kappa shape index (κ3) is 12.4. The van der Waals surface area contributed by atoms with Crippen LogP contribution in [0, 0.1) is 11.8 Å². The molecule has 0 aliphatic carbocycles. The van der Waals surface area contributed by atoms with Crippen molar-refractivity contribution in [1.82, 2.24) is 35.5 Å². The number of nitrogens with one attached hydrogen (secondary N) is 3. The Kier molecular flexibility index (Phi) is 13.9. The molecule has 3 aromatic heterocycles. The fourth-order valence-corrected chi connectivity index (χ4v) is 6.76. The molecule has 5 heterocycles. The normalized spacial score (nSPS) is 17.4. The summed E-state index contributed by atoms with van der Waals surface area (Å²) in [5.74, 6) is 0.777. The van der Waals surface area contributed by atoms with Crippen molar-refractivity contribution in [2.75, 3.05) is 47.9 Å². The van der Waals surface area contributed by atoms with Crippen molar-refractivity contribution in [3.05, 3.63) is 70.2 Å². The summed E-state index contributed by atoms with van der Waals surface area (Å²) < 4.78 is 124. The number of halogens is 9. The van der Waals surface area contributed by atoms with Gasteiger partial charge in [-0.3, -0.25) is 4.79 Å². The zero-order chi connectivity index (χ0) is 41.4. The van der Waals surface area contributed by atoms with E-state index in [9.17, 15) is 49.1 Å². The smallest absolute Gasteiger partial charge is 0.423 e. The van der Waals surface area contributed by atoms with Gasteiger partial charge in [-0.05, 0) is 62.9 Å². The average Bonchev–Trinajstić information content (AvgIpc) is 3.15. The predicted octanol–water partition coefficient (Wildman–Crippen LogP) is 6.86. The highest BCUT2D eigenvalue weighted by Crippen LogP contribution is 2.34. The third-order valence-electron chi connectivity index (χ3n) is 9.79. The van der Waals surface area contributed by atoms with Gasteiger partial charge in [0.2, 0.25) is 11.9 Å². The number of carbonyl (C=O) groups is 1. The van der Waals surface area contributed by atoms with Crippen LogP contribution in [0.2, 0.25) is 0 Å². The lowest BCUT2D eigenvalue weighted by molar-refractivity contribution is -0.139. The van der Waals surface area contributed by atoms with Crippen LogP contribution in [0.5, 0.6) is 0 Å². The number of piperidine rings is 2. The zero-order valence-electron chi connectivity index (χ0n) is 30.6. The predicted molar refractivity (Wildman–Crippen MR) is 188 cm³/mol. The van der Waals surface area contributed by atoms with Gasteiger partial charge in [0, 0.05) is 63.1 Å². The number of H-pyrrole nitrogens is 1. The highest BCUT2D eigenvalue weighted by Gasteiger charge is 2.38. The fourth-order valence-electron chi connectivity index (χ4n) is 6.76. The minimum Gasteiger partial charge on any atom is -0.445 e. The molecular weight excluding hydrogens is 779 g/mol. The average molecular weight is 821 g/mol.